The largest absolute Gasteiger partial charge is 0.337 e. The lowest BCUT2D eigenvalue weighted by Gasteiger charge is -2.35. The Bertz CT molecular complexity index is 795. The van der Waals surface area contributed by atoms with Crippen LogP contribution in [0.3, 0.4) is 0 Å². The summed E-state index contributed by atoms with van der Waals surface area (Å²) in [6, 6.07) is 19.6. The van der Waals surface area contributed by atoms with Gasteiger partial charge >= 0.3 is 6.03 Å². The summed E-state index contributed by atoms with van der Waals surface area (Å²) in [5.41, 5.74) is 2.15. The van der Waals surface area contributed by atoms with Crippen molar-refractivity contribution in [1.29, 1.82) is 0 Å². The predicted molar refractivity (Wildman–Crippen MR) is 123 cm³/mol. The van der Waals surface area contributed by atoms with Crippen LogP contribution in [-0.2, 0) is 16.6 Å². The Morgan fingerprint density at radius 1 is 1.00 bits per heavy atom. The van der Waals surface area contributed by atoms with Crippen molar-refractivity contribution in [2.45, 2.75) is 11.8 Å². The molecule has 162 valence electrons. The van der Waals surface area contributed by atoms with Crippen LogP contribution in [-0.4, -0.2) is 72.1 Å². The molecular formula is C23H32N4O2S. The Labute approximate surface area is 182 Å². The summed E-state index contributed by atoms with van der Waals surface area (Å²) in [5.74, 6) is 0.955. The standard InChI is InChI=1S/C23H32N4O2S/c1-26-13-15-27(16-14-26)18-22(21-10-6-3-7-11-21)25-23(28)24-12-17-30(29)19-20-8-4-2-5-9-20/h2-11,22H,12-19H2,1H3,(H2,24,25,28). The van der Waals surface area contributed by atoms with Crippen LogP contribution in [0.1, 0.15) is 17.2 Å². The van der Waals surface area contributed by atoms with Crippen LogP contribution < -0.4 is 10.6 Å². The number of nitrogens with zero attached hydrogens (tertiary/aromatic N) is 2. The zero-order valence-electron chi connectivity index (χ0n) is 17.6. The van der Waals surface area contributed by atoms with Crippen molar-refractivity contribution in [1.82, 2.24) is 20.4 Å². The first-order valence-corrected chi connectivity index (χ1v) is 12.0. The second-order valence-electron chi connectivity index (χ2n) is 7.74. The monoisotopic (exact) mass is 428 g/mol. The molecule has 0 radical (unpaired) electrons. The van der Waals surface area contributed by atoms with Crippen LogP contribution in [0.4, 0.5) is 4.79 Å². The second-order valence-corrected chi connectivity index (χ2v) is 9.32. The van der Waals surface area contributed by atoms with Gasteiger partial charge in [-0.25, -0.2) is 4.79 Å². The Morgan fingerprint density at radius 3 is 2.30 bits per heavy atom. The van der Waals surface area contributed by atoms with Crippen molar-refractivity contribution in [3.63, 3.8) is 0 Å². The summed E-state index contributed by atoms with van der Waals surface area (Å²) in [5, 5.41) is 5.99. The SMILES string of the molecule is CN1CCN(CC(NC(=O)NCCS(=O)Cc2ccccc2)c2ccccc2)CC1. The molecule has 7 heteroatoms. The molecule has 1 fully saturated rings. The van der Waals surface area contributed by atoms with Crippen LogP contribution in [0.25, 0.3) is 0 Å². The van der Waals surface area contributed by atoms with E-state index >= 15 is 0 Å². The lowest BCUT2D eigenvalue weighted by Crippen LogP contribution is -2.49. The van der Waals surface area contributed by atoms with Crippen LogP contribution in [0.5, 0.6) is 0 Å². The Kier molecular flexibility index (Phi) is 8.86. The van der Waals surface area contributed by atoms with Gasteiger partial charge in [-0.05, 0) is 18.2 Å². The first kappa shape index (κ1) is 22.5. The van der Waals surface area contributed by atoms with Crippen molar-refractivity contribution < 1.29 is 9.00 Å². The van der Waals surface area contributed by atoms with Crippen molar-refractivity contribution in [2.24, 2.45) is 0 Å². The number of urea groups is 1. The van der Waals surface area contributed by atoms with Crippen LogP contribution in [0.2, 0.25) is 0 Å². The summed E-state index contributed by atoms with van der Waals surface area (Å²) in [7, 11) is 1.14. The van der Waals surface area contributed by atoms with E-state index in [2.05, 4.69) is 39.6 Å². The number of likely N-dealkylation sites (N-methyl/N-ethyl adjacent to an activating group) is 1. The molecule has 3 rings (SSSR count). The third kappa shape index (κ3) is 7.55. The van der Waals surface area contributed by atoms with Gasteiger partial charge in [0, 0.05) is 61.6 Å². The van der Waals surface area contributed by atoms with E-state index < -0.39 is 10.8 Å². The van der Waals surface area contributed by atoms with E-state index in [1.54, 1.807) is 0 Å². The Hall–Kier alpha value is -2.22. The van der Waals surface area contributed by atoms with E-state index in [1.807, 2.05) is 48.5 Å². The molecule has 2 unspecified atom stereocenters. The first-order chi connectivity index (χ1) is 14.6. The van der Waals surface area contributed by atoms with Gasteiger partial charge in [0.2, 0.25) is 0 Å². The molecule has 6 nitrogen and oxygen atoms in total. The van der Waals surface area contributed by atoms with Gasteiger partial charge in [-0.3, -0.25) is 9.11 Å². The fourth-order valence-electron chi connectivity index (χ4n) is 3.53. The summed E-state index contributed by atoms with van der Waals surface area (Å²) >= 11 is 0. The van der Waals surface area contributed by atoms with Gasteiger partial charge in [0.15, 0.2) is 0 Å². The third-order valence-corrected chi connectivity index (χ3v) is 6.64. The van der Waals surface area contributed by atoms with Gasteiger partial charge in [-0.2, -0.15) is 0 Å². The summed E-state index contributed by atoms with van der Waals surface area (Å²) < 4.78 is 12.3. The molecule has 2 aromatic carbocycles. The zero-order valence-corrected chi connectivity index (χ0v) is 18.4. The predicted octanol–water partition coefficient (Wildman–Crippen LogP) is 2.22. The first-order valence-electron chi connectivity index (χ1n) is 10.5. The molecule has 2 amide bonds. The number of carbonyl (C=O) groups excluding carboxylic acids is 1. The molecule has 0 aliphatic carbocycles. The van der Waals surface area contributed by atoms with Gasteiger partial charge < -0.3 is 15.5 Å². The van der Waals surface area contributed by atoms with E-state index in [0.29, 0.717) is 18.1 Å². The average molecular weight is 429 g/mol. The topological polar surface area (TPSA) is 64.7 Å². The highest BCUT2D eigenvalue weighted by Gasteiger charge is 2.21. The molecule has 1 aliphatic rings. The highest BCUT2D eigenvalue weighted by atomic mass is 32.2. The van der Waals surface area contributed by atoms with E-state index in [-0.39, 0.29) is 12.1 Å². The van der Waals surface area contributed by atoms with Gasteiger partial charge in [-0.15, -0.1) is 0 Å². The van der Waals surface area contributed by atoms with Crippen LogP contribution in [0.15, 0.2) is 60.7 Å². The molecule has 0 bridgehead atoms. The van der Waals surface area contributed by atoms with Crippen molar-refractivity contribution in [3.05, 3.63) is 71.8 Å². The van der Waals surface area contributed by atoms with E-state index in [4.69, 9.17) is 0 Å². The average Bonchev–Trinajstić information content (AvgIpc) is 2.76. The van der Waals surface area contributed by atoms with Gasteiger partial charge in [0.05, 0.1) is 6.04 Å². The van der Waals surface area contributed by atoms with E-state index in [0.717, 1.165) is 43.9 Å². The maximum atomic E-state index is 12.5. The molecule has 2 N–H and O–H groups in total. The molecule has 2 atom stereocenters. The number of hydrogen-bond acceptors (Lipinski definition) is 4. The fraction of sp³-hybridized carbons (Fsp3) is 0.435. The molecule has 0 saturated carbocycles. The minimum Gasteiger partial charge on any atom is -0.337 e. The van der Waals surface area contributed by atoms with Crippen molar-refractivity contribution in [2.75, 3.05) is 52.1 Å². The van der Waals surface area contributed by atoms with Crippen LogP contribution in [0, 0.1) is 0 Å². The lowest BCUT2D eigenvalue weighted by atomic mass is 10.1. The summed E-state index contributed by atoms with van der Waals surface area (Å²) in [6.07, 6.45) is 0. The minimum absolute atomic E-state index is 0.0792. The quantitative estimate of drug-likeness (QED) is 0.643. The molecule has 0 aromatic heterocycles. The number of piperazine rings is 1. The number of rotatable bonds is 9. The van der Waals surface area contributed by atoms with Crippen molar-refractivity contribution >= 4 is 16.8 Å². The molecular weight excluding hydrogens is 396 g/mol. The number of carbonyl (C=O) groups is 1. The highest BCUT2D eigenvalue weighted by Crippen LogP contribution is 2.15. The highest BCUT2D eigenvalue weighted by molar-refractivity contribution is 7.84. The Morgan fingerprint density at radius 2 is 1.63 bits per heavy atom. The number of amides is 2. The number of hydrogen-bond donors (Lipinski definition) is 2. The fourth-order valence-corrected chi connectivity index (χ4v) is 4.57. The normalized spacial score (nSPS) is 17.2. The second kappa shape index (κ2) is 11.8. The van der Waals surface area contributed by atoms with E-state index in [1.165, 1.54) is 0 Å². The number of nitrogens with one attached hydrogen (secondary N) is 2. The molecule has 1 saturated heterocycles. The zero-order chi connectivity index (χ0) is 21.2. The van der Waals surface area contributed by atoms with E-state index in [9.17, 15) is 9.00 Å². The lowest BCUT2D eigenvalue weighted by molar-refractivity contribution is 0.142. The smallest absolute Gasteiger partial charge is 0.315 e. The van der Waals surface area contributed by atoms with Gasteiger partial charge in [-0.1, -0.05) is 60.7 Å². The maximum absolute atomic E-state index is 12.5. The minimum atomic E-state index is -1.00. The maximum Gasteiger partial charge on any atom is 0.315 e. The number of benzene rings is 2. The molecule has 1 aliphatic heterocycles. The van der Waals surface area contributed by atoms with Gasteiger partial charge in [0.25, 0.3) is 0 Å². The van der Waals surface area contributed by atoms with Gasteiger partial charge in [0.1, 0.15) is 0 Å². The molecule has 30 heavy (non-hydrogen) atoms. The summed E-state index contributed by atoms with van der Waals surface area (Å²) in [6.45, 7) is 5.26. The molecule has 2 aromatic rings. The summed E-state index contributed by atoms with van der Waals surface area (Å²) in [4.78, 5) is 17.2. The Balaban J connectivity index is 1.47. The van der Waals surface area contributed by atoms with Crippen LogP contribution >= 0.6 is 0 Å². The molecule has 0 spiro atoms. The third-order valence-electron chi connectivity index (χ3n) is 5.33. The van der Waals surface area contributed by atoms with Crippen molar-refractivity contribution in [3.8, 4) is 0 Å². The molecule has 1 heterocycles.